The van der Waals surface area contributed by atoms with E-state index in [2.05, 4.69) is 5.10 Å². The summed E-state index contributed by atoms with van der Waals surface area (Å²) in [7, 11) is 1.47. The summed E-state index contributed by atoms with van der Waals surface area (Å²) in [6, 6.07) is 12.4. The van der Waals surface area contributed by atoms with E-state index in [1.807, 2.05) is 5.32 Å². The van der Waals surface area contributed by atoms with Crippen molar-refractivity contribution in [2.24, 2.45) is 0 Å². The number of hydrogen-bond acceptors (Lipinski definition) is 5. The van der Waals surface area contributed by atoms with Crippen LogP contribution in [-0.2, 0) is 0 Å². The van der Waals surface area contributed by atoms with Crippen LogP contribution in [0.1, 0.15) is 10.4 Å². The van der Waals surface area contributed by atoms with Crippen LogP contribution in [0.4, 0.5) is 17.6 Å². The van der Waals surface area contributed by atoms with Gasteiger partial charge in [-0.25, -0.2) is 4.39 Å². The van der Waals surface area contributed by atoms with Crippen LogP contribution in [0.5, 0.6) is 5.75 Å². The Morgan fingerprint density at radius 1 is 1.19 bits per heavy atom. The van der Waals surface area contributed by atoms with Crippen LogP contribution in [0.2, 0.25) is 0 Å². The number of alkyl halides is 3. The fourth-order valence-electron chi connectivity index (χ4n) is 2.74. The third-order valence-electron chi connectivity index (χ3n) is 4.43. The molecule has 2 N–H and O–H groups in total. The molecule has 0 aliphatic carbocycles. The highest BCUT2D eigenvalue weighted by Crippen LogP contribution is 2.22. The monoisotopic (exact) mass is 451 g/mol. The molecular formula is C21H17F4N3O4. The van der Waals surface area contributed by atoms with E-state index >= 15 is 0 Å². The van der Waals surface area contributed by atoms with Gasteiger partial charge in [-0.1, -0.05) is 6.07 Å². The van der Waals surface area contributed by atoms with Crippen molar-refractivity contribution < 1.29 is 32.2 Å². The van der Waals surface area contributed by atoms with E-state index < -0.39 is 41.7 Å². The van der Waals surface area contributed by atoms with E-state index in [1.165, 1.54) is 19.2 Å². The molecule has 11 heteroatoms. The molecule has 0 fully saturated rings. The van der Waals surface area contributed by atoms with Crippen LogP contribution in [0, 0.1) is 5.82 Å². The van der Waals surface area contributed by atoms with Gasteiger partial charge in [-0.2, -0.15) is 23.0 Å². The lowest BCUT2D eigenvalue weighted by Gasteiger charge is -2.15. The van der Waals surface area contributed by atoms with E-state index in [4.69, 9.17) is 9.84 Å². The number of aromatic nitrogens is 2. The highest BCUT2D eigenvalue weighted by molar-refractivity contribution is 5.94. The van der Waals surface area contributed by atoms with Crippen LogP contribution >= 0.6 is 0 Å². The Balaban J connectivity index is 2.07. The number of benzene rings is 2. The molecule has 0 bridgehead atoms. The first-order chi connectivity index (χ1) is 15.1. The second-order valence-electron chi connectivity index (χ2n) is 6.64. The van der Waals surface area contributed by atoms with E-state index in [0.717, 1.165) is 22.9 Å². The number of nitrogens with zero attached hydrogens (tertiary/aromatic N) is 2. The normalized spacial score (nSPS) is 12.3. The number of amides is 1. The topological polar surface area (TPSA) is 93.5 Å². The van der Waals surface area contributed by atoms with Crippen molar-refractivity contribution in [3.8, 4) is 22.7 Å². The summed E-state index contributed by atoms with van der Waals surface area (Å²) in [4.78, 5) is 25.4. The van der Waals surface area contributed by atoms with Gasteiger partial charge in [0.25, 0.3) is 11.5 Å². The summed E-state index contributed by atoms with van der Waals surface area (Å²) in [6.45, 7) is -1.15. The molecule has 1 heterocycles. The maximum Gasteiger partial charge on any atom is 0.416 e. The van der Waals surface area contributed by atoms with Crippen molar-refractivity contribution >= 4 is 5.91 Å². The van der Waals surface area contributed by atoms with Crippen molar-refractivity contribution in [3.63, 3.8) is 0 Å². The summed E-state index contributed by atoms with van der Waals surface area (Å²) in [5.74, 6) is -1.28. The number of ether oxygens (including phenoxy) is 1. The average molecular weight is 451 g/mol. The number of methoxy groups -OCH3 is 1. The molecule has 0 radical (unpaired) electrons. The minimum atomic E-state index is -4.94. The number of aliphatic hydroxyl groups is 1. The van der Waals surface area contributed by atoms with Gasteiger partial charge < -0.3 is 15.2 Å². The number of nitrogens with one attached hydrogen (secondary N) is 1. The second kappa shape index (κ2) is 9.18. The zero-order valence-corrected chi connectivity index (χ0v) is 16.6. The molecule has 1 atom stereocenters. The molecule has 7 nitrogen and oxygen atoms in total. The van der Waals surface area contributed by atoms with Crippen LogP contribution < -0.4 is 15.6 Å². The highest BCUT2D eigenvalue weighted by Gasteiger charge is 2.38. The third-order valence-corrected chi connectivity index (χ3v) is 4.43. The van der Waals surface area contributed by atoms with Crippen molar-refractivity contribution in [3.05, 3.63) is 76.3 Å². The SMILES string of the molecule is COc1ccc(-c2cc(C(=O)NCC(O)C(F)(F)F)c(=O)n(-c3cccc(F)c3)n2)cc1. The van der Waals surface area contributed by atoms with E-state index in [9.17, 15) is 27.2 Å². The fraction of sp³-hybridized carbons (Fsp3) is 0.190. The minimum Gasteiger partial charge on any atom is -0.497 e. The van der Waals surface area contributed by atoms with Crippen molar-refractivity contribution in [1.29, 1.82) is 0 Å². The molecule has 32 heavy (non-hydrogen) atoms. The second-order valence-corrected chi connectivity index (χ2v) is 6.64. The van der Waals surface area contributed by atoms with E-state index in [0.29, 0.717) is 11.3 Å². The maximum absolute atomic E-state index is 13.7. The van der Waals surface area contributed by atoms with Crippen molar-refractivity contribution in [2.45, 2.75) is 12.3 Å². The van der Waals surface area contributed by atoms with Gasteiger partial charge in [-0.3, -0.25) is 9.59 Å². The molecule has 1 amide bonds. The summed E-state index contributed by atoms with van der Waals surface area (Å²) in [6.07, 6.45) is -7.75. The molecule has 1 aromatic heterocycles. The largest absolute Gasteiger partial charge is 0.497 e. The first-order valence-corrected chi connectivity index (χ1v) is 9.18. The van der Waals surface area contributed by atoms with E-state index in [-0.39, 0.29) is 11.4 Å². The lowest BCUT2D eigenvalue weighted by atomic mass is 10.1. The lowest BCUT2D eigenvalue weighted by molar-refractivity contribution is -0.201. The minimum absolute atomic E-state index is 0.00902. The Morgan fingerprint density at radius 3 is 2.47 bits per heavy atom. The molecule has 0 aliphatic rings. The van der Waals surface area contributed by atoms with Crippen LogP contribution in [-0.4, -0.2) is 46.7 Å². The van der Waals surface area contributed by atoms with Crippen molar-refractivity contribution in [1.82, 2.24) is 15.1 Å². The Bertz CT molecular complexity index is 1180. The van der Waals surface area contributed by atoms with Gasteiger partial charge >= 0.3 is 6.18 Å². The molecule has 3 aromatic rings. The summed E-state index contributed by atoms with van der Waals surface area (Å²) >= 11 is 0. The zero-order valence-electron chi connectivity index (χ0n) is 16.6. The number of carbonyl (C=O) groups excluding carboxylic acids is 1. The van der Waals surface area contributed by atoms with Gasteiger partial charge in [-0.05, 0) is 48.5 Å². The van der Waals surface area contributed by atoms with Crippen molar-refractivity contribution in [2.75, 3.05) is 13.7 Å². The quantitative estimate of drug-likeness (QED) is 0.563. The highest BCUT2D eigenvalue weighted by atomic mass is 19.4. The van der Waals surface area contributed by atoms with Gasteiger partial charge in [-0.15, -0.1) is 0 Å². The Hall–Kier alpha value is -3.73. The molecule has 0 spiro atoms. The first-order valence-electron chi connectivity index (χ1n) is 9.18. The first kappa shape index (κ1) is 22.9. The summed E-state index contributed by atoms with van der Waals surface area (Å²) in [5, 5.41) is 15.2. The fourth-order valence-corrected chi connectivity index (χ4v) is 2.74. The summed E-state index contributed by atoms with van der Waals surface area (Å²) < 4.78 is 57.1. The predicted molar refractivity (Wildman–Crippen MR) is 106 cm³/mol. The van der Waals surface area contributed by atoms with Crippen LogP contribution in [0.25, 0.3) is 16.9 Å². The molecule has 168 valence electrons. The lowest BCUT2D eigenvalue weighted by Crippen LogP contribution is -2.42. The zero-order chi connectivity index (χ0) is 23.5. The smallest absolute Gasteiger partial charge is 0.416 e. The van der Waals surface area contributed by atoms with Gasteiger partial charge in [0.05, 0.1) is 25.0 Å². The average Bonchev–Trinajstić information content (AvgIpc) is 2.76. The molecular weight excluding hydrogens is 434 g/mol. The van der Waals surface area contributed by atoms with Gasteiger partial charge in [0.2, 0.25) is 0 Å². The molecule has 2 aromatic carbocycles. The number of rotatable bonds is 6. The Kier molecular flexibility index (Phi) is 6.58. The Labute approximate surface area is 178 Å². The van der Waals surface area contributed by atoms with Gasteiger partial charge in [0.1, 0.15) is 17.1 Å². The van der Waals surface area contributed by atoms with E-state index in [1.54, 1.807) is 24.3 Å². The number of aliphatic hydroxyl groups excluding tert-OH is 1. The standard InChI is InChI=1S/C21H17F4N3O4/c1-32-15-7-5-12(6-8-15)17-10-16(19(30)26-11-18(29)21(23,24)25)20(31)28(27-17)14-4-2-3-13(22)9-14/h2-10,18,29H,11H2,1H3,(H,26,30). The maximum atomic E-state index is 13.7. The number of hydrogen-bond donors (Lipinski definition) is 2. The predicted octanol–water partition coefficient (Wildman–Crippen LogP) is 2.70. The summed E-state index contributed by atoms with van der Waals surface area (Å²) in [5.41, 5.74) is -0.926. The third kappa shape index (κ3) is 5.11. The molecule has 1 unspecified atom stereocenters. The Morgan fingerprint density at radius 2 is 1.88 bits per heavy atom. The molecule has 3 rings (SSSR count). The molecule has 0 saturated heterocycles. The van der Waals surface area contributed by atoms with Crippen LogP contribution in [0.15, 0.2) is 59.4 Å². The van der Waals surface area contributed by atoms with Crippen LogP contribution in [0.3, 0.4) is 0 Å². The number of halogens is 4. The molecule has 0 saturated carbocycles. The number of carbonyl (C=O) groups is 1. The van der Waals surface area contributed by atoms with Gasteiger partial charge in [0.15, 0.2) is 6.10 Å². The van der Waals surface area contributed by atoms with Gasteiger partial charge in [0, 0.05) is 5.56 Å². The molecule has 0 aliphatic heterocycles.